The van der Waals surface area contributed by atoms with Crippen molar-refractivity contribution in [2.75, 3.05) is 0 Å². The summed E-state index contributed by atoms with van der Waals surface area (Å²) in [7, 11) is 0. The molecule has 2 heteroatoms. The van der Waals surface area contributed by atoms with Crippen molar-refractivity contribution >= 4 is 22.6 Å². The molecule has 3 fully saturated rings. The summed E-state index contributed by atoms with van der Waals surface area (Å²) in [5.74, 6) is 4.88. The minimum absolute atomic E-state index is 0.593. The second-order valence-corrected chi connectivity index (χ2v) is 11.0. The van der Waals surface area contributed by atoms with E-state index in [1.54, 1.807) is 5.57 Å². The van der Waals surface area contributed by atoms with Gasteiger partial charge in [0.15, 0.2) is 0 Å². The number of hydrogen-bond donors (Lipinski definition) is 1. The first kappa shape index (κ1) is 16.5. The number of rotatable bonds is 1. The zero-order valence-electron chi connectivity index (χ0n) is 14.8. The predicted molar refractivity (Wildman–Crippen MR) is 105 cm³/mol. The van der Waals surface area contributed by atoms with Gasteiger partial charge in [0, 0.05) is 10.3 Å². The second-order valence-electron chi connectivity index (χ2n) is 9.04. The Morgan fingerprint density at radius 3 is 2.74 bits per heavy atom. The van der Waals surface area contributed by atoms with Gasteiger partial charge in [0.05, 0.1) is 5.76 Å². The van der Waals surface area contributed by atoms with Crippen molar-refractivity contribution in [1.29, 1.82) is 0 Å². The highest BCUT2D eigenvalue weighted by Crippen LogP contribution is 2.64. The first-order valence-electron chi connectivity index (χ1n) is 9.66. The summed E-state index contributed by atoms with van der Waals surface area (Å²) in [6, 6.07) is 0. The van der Waals surface area contributed by atoms with Gasteiger partial charge >= 0.3 is 0 Å². The summed E-state index contributed by atoms with van der Waals surface area (Å²) in [5, 5.41) is 10.0. The molecule has 4 rings (SSSR count). The molecule has 4 aliphatic rings. The van der Waals surface area contributed by atoms with Crippen LogP contribution < -0.4 is 0 Å². The van der Waals surface area contributed by atoms with Crippen LogP contribution in [0, 0.1) is 35.0 Å². The third-order valence-electron chi connectivity index (χ3n) is 8.05. The molecule has 4 unspecified atom stereocenters. The van der Waals surface area contributed by atoms with Crippen LogP contribution in [0.5, 0.6) is 0 Å². The van der Waals surface area contributed by atoms with Gasteiger partial charge in [-0.25, -0.2) is 0 Å². The number of halogens is 1. The van der Waals surface area contributed by atoms with Crippen molar-refractivity contribution in [1.82, 2.24) is 0 Å². The Morgan fingerprint density at radius 1 is 1.22 bits per heavy atom. The molecule has 0 radical (unpaired) electrons. The van der Waals surface area contributed by atoms with Crippen LogP contribution in [0.1, 0.15) is 65.7 Å². The summed E-state index contributed by atoms with van der Waals surface area (Å²) in [6.45, 7) is 7.31. The lowest BCUT2D eigenvalue weighted by molar-refractivity contribution is 0.00341. The van der Waals surface area contributed by atoms with E-state index in [-0.39, 0.29) is 0 Å². The molecule has 0 spiro atoms. The lowest BCUT2D eigenvalue weighted by Gasteiger charge is -2.54. The van der Waals surface area contributed by atoms with Crippen LogP contribution in [-0.2, 0) is 0 Å². The van der Waals surface area contributed by atoms with Crippen molar-refractivity contribution in [3.63, 3.8) is 0 Å². The first-order chi connectivity index (χ1) is 10.9. The highest BCUT2D eigenvalue weighted by atomic mass is 127. The number of fused-ring (bicyclic) bond motifs is 5. The molecule has 0 bridgehead atoms. The van der Waals surface area contributed by atoms with Crippen LogP contribution in [0.3, 0.4) is 0 Å². The van der Waals surface area contributed by atoms with Crippen LogP contribution in [0.2, 0.25) is 0 Å². The first-order valence-corrected chi connectivity index (χ1v) is 10.9. The molecular weight excluding hydrogens is 395 g/mol. The maximum atomic E-state index is 10.0. The summed E-state index contributed by atoms with van der Waals surface area (Å²) in [5.41, 5.74) is 3.73. The Labute approximate surface area is 155 Å². The molecular formula is C21H31IO. The maximum absolute atomic E-state index is 10.0. The largest absolute Gasteiger partial charge is 0.512 e. The van der Waals surface area contributed by atoms with E-state index in [4.69, 9.17) is 0 Å². The third-order valence-corrected chi connectivity index (χ3v) is 8.91. The zero-order valence-corrected chi connectivity index (χ0v) is 17.0. The molecule has 0 saturated heterocycles. The van der Waals surface area contributed by atoms with Gasteiger partial charge in [0.2, 0.25) is 0 Å². The minimum Gasteiger partial charge on any atom is -0.512 e. The Morgan fingerprint density at radius 2 is 2.00 bits per heavy atom. The number of hydrogen-bond acceptors (Lipinski definition) is 1. The topological polar surface area (TPSA) is 20.2 Å². The number of allylic oxidation sites excluding steroid dienone is 4. The average molecular weight is 426 g/mol. The molecule has 0 aromatic rings. The van der Waals surface area contributed by atoms with Crippen LogP contribution in [0.25, 0.3) is 0 Å². The van der Waals surface area contributed by atoms with Crippen LogP contribution in [0.15, 0.2) is 23.0 Å². The van der Waals surface area contributed by atoms with Gasteiger partial charge in [-0.2, -0.15) is 0 Å². The van der Waals surface area contributed by atoms with Gasteiger partial charge < -0.3 is 5.11 Å². The minimum atomic E-state index is 0.593. The quantitative estimate of drug-likeness (QED) is 0.378. The SMILES string of the molecule is CC1=C2C3CC[C@@]4(C)C(CC[C@@H]4C(C)I)C3CC[C@H]2CC(O)=C1. The van der Waals surface area contributed by atoms with Gasteiger partial charge in [0.25, 0.3) is 0 Å². The van der Waals surface area contributed by atoms with Crippen LogP contribution in [-0.4, -0.2) is 9.03 Å². The van der Waals surface area contributed by atoms with E-state index >= 15 is 0 Å². The number of alkyl halides is 1. The number of aliphatic hydroxyl groups is 1. The van der Waals surface area contributed by atoms with E-state index in [1.807, 2.05) is 0 Å². The molecule has 0 aromatic carbocycles. The highest BCUT2D eigenvalue weighted by molar-refractivity contribution is 14.1. The molecule has 23 heavy (non-hydrogen) atoms. The van der Waals surface area contributed by atoms with E-state index in [0.29, 0.717) is 17.1 Å². The van der Waals surface area contributed by atoms with E-state index in [1.165, 1.54) is 44.1 Å². The van der Waals surface area contributed by atoms with E-state index in [2.05, 4.69) is 49.4 Å². The van der Waals surface area contributed by atoms with Crippen LogP contribution in [0.4, 0.5) is 0 Å². The van der Waals surface area contributed by atoms with Gasteiger partial charge in [-0.05, 0) is 92.1 Å². The molecule has 7 atom stereocenters. The average Bonchev–Trinajstić information content (AvgIpc) is 2.83. The molecule has 0 amide bonds. The fraction of sp³-hybridized carbons (Fsp3) is 0.810. The monoisotopic (exact) mass is 426 g/mol. The van der Waals surface area contributed by atoms with E-state index < -0.39 is 0 Å². The Bertz CT molecular complexity index is 560. The maximum Gasteiger partial charge on any atom is 0.0931 e. The standard InChI is InChI=1S/C21H31IO/c1-12-10-15(23)11-14-4-5-16-17(20(12)14)8-9-21(3)18(13(2)22)6-7-19(16)21/h10,13-14,16-19,23H,4-9,11H2,1-3H3/t13?,14-,16?,17?,18+,19?,21+/m0/s1. The lowest BCUT2D eigenvalue weighted by Crippen LogP contribution is -2.46. The Kier molecular flexibility index (Phi) is 4.14. The summed E-state index contributed by atoms with van der Waals surface area (Å²) >= 11 is 2.68. The van der Waals surface area contributed by atoms with Crippen molar-refractivity contribution in [2.24, 2.45) is 35.0 Å². The van der Waals surface area contributed by atoms with Crippen molar-refractivity contribution in [3.05, 3.63) is 23.0 Å². The predicted octanol–water partition coefficient (Wildman–Crippen LogP) is 6.44. The van der Waals surface area contributed by atoms with Gasteiger partial charge in [0.1, 0.15) is 0 Å². The second kappa shape index (κ2) is 5.78. The normalized spacial score (nSPS) is 47.5. The fourth-order valence-electron chi connectivity index (χ4n) is 7.19. The smallest absolute Gasteiger partial charge is 0.0931 e. The molecule has 0 aromatic heterocycles. The van der Waals surface area contributed by atoms with Crippen molar-refractivity contribution in [2.45, 2.75) is 69.6 Å². The molecule has 1 N–H and O–H groups in total. The molecule has 1 nitrogen and oxygen atoms in total. The lowest BCUT2D eigenvalue weighted by atomic mass is 9.51. The van der Waals surface area contributed by atoms with E-state index in [9.17, 15) is 5.11 Å². The summed E-state index contributed by atoms with van der Waals surface area (Å²) in [6.07, 6.45) is 11.4. The van der Waals surface area contributed by atoms with Crippen molar-refractivity contribution in [3.8, 4) is 0 Å². The molecule has 3 saturated carbocycles. The molecule has 0 aliphatic heterocycles. The van der Waals surface area contributed by atoms with Gasteiger partial charge in [-0.1, -0.05) is 42.0 Å². The van der Waals surface area contributed by atoms with Gasteiger partial charge in [-0.3, -0.25) is 0 Å². The number of aliphatic hydroxyl groups excluding tert-OH is 1. The van der Waals surface area contributed by atoms with Gasteiger partial charge in [-0.15, -0.1) is 0 Å². The third kappa shape index (κ3) is 2.45. The summed E-state index contributed by atoms with van der Waals surface area (Å²) < 4.78 is 0.811. The fourth-order valence-corrected chi connectivity index (χ4v) is 8.38. The zero-order chi connectivity index (χ0) is 16.4. The highest BCUT2D eigenvalue weighted by Gasteiger charge is 2.56. The van der Waals surface area contributed by atoms with Crippen molar-refractivity contribution < 1.29 is 5.11 Å². The summed E-state index contributed by atoms with van der Waals surface area (Å²) in [4.78, 5) is 0. The Balaban J connectivity index is 1.67. The van der Waals surface area contributed by atoms with E-state index in [0.717, 1.165) is 34.0 Å². The molecule has 0 heterocycles. The Hall–Kier alpha value is 0.01000. The molecule has 4 aliphatic carbocycles. The molecule has 128 valence electrons. The van der Waals surface area contributed by atoms with Crippen LogP contribution >= 0.6 is 22.6 Å².